The molecule has 0 aliphatic heterocycles. The molecular formula is C35H31ClF2N6O7S. The fourth-order valence-corrected chi connectivity index (χ4v) is 7.10. The van der Waals surface area contributed by atoms with Gasteiger partial charge >= 0.3 is 6.09 Å². The highest BCUT2D eigenvalue weighted by Gasteiger charge is 2.30. The summed E-state index contributed by atoms with van der Waals surface area (Å²) in [4.78, 5) is 31.4. The molecule has 6 aromatic rings. The largest absolute Gasteiger partial charge is 0.497 e. The summed E-state index contributed by atoms with van der Waals surface area (Å²) in [5, 5.41) is 17.2. The number of hydrogen-bond acceptors (Lipinski definition) is 8. The third kappa shape index (κ3) is 7.07. The number of aromatic nitrogens is 4. The Morgan fingerprint density at radius 1 is 0.981 bits per heavy atom. The topological polar surface area (TPSA) is 158 Å². The number of nitrogens with one attached hydrogen (secondary N) is 1. The Balaban J connectivity index is 1.63. The average Bonchev–Trinajstić information content (AvgIpc) is 3.43. The first-order valence-electron chi connectivity index (χ1n) is 15.5. The van der Waals surface area contributed by atoms with E-state index in [-0.39, 0.29) is 62.7 Å². The number of rotatable bonds is 11. The second-order valence-corrected chi connectivity index (χ2v) is 14.1. The van der Waals surface area contributed by atoms with Crippen LogP contribution in [0.15, 0.2) is 77.6 Å². The predicted molar refractivity (Wildman–Crippen MR) is 191 cm³/mol. The van der Waals surface area contributed by atoms with Gasteiger partial charge in [-0.3, -0.25) is 14.0 Å². The lowest BCUT2D eigenvalue weighted by Gasteiger charge is -2.23. The van der Waals surface area contributed by atoms with E-state index >= 15 is 0 Å². The number of carbonyl (C=O) groups is 1. The van der Waals surface area contributed by atoms with Crippen LogP contribution < -0.4 is 24.7 Å². The molecule has 270 valence electrons. The molecule has 1 atom stereocenters. The molecule has 0 radical (unpaired) electrons. The molecule has 0 bridgehead atoms. The molecule has 2 heterocycles. The van der Waals surface area contributed by atoms with Gasteiger partial charge in [0, 0.05) is 25.6 Å². The fraction of sp³-hybridized carbons (Fsp3) is 0.200. The molecule has 0 aliphatic rings. The minimum absolute atomic E-state index is 0.0359. The predicted octanol–water partition coefficient (Wildman–Crippen LogP) is 5.74. The Hall–Kier alpha value is -5.74. The average molecular weight is 753 g/mol. The highest BCUT2D eigenvalue weighted by molar-refractivity contribution is 7.92. The quantitative estimate of drug-likeness (QED) is 0.168. The lowest BCUT2D eigenvalue weighted by molar-refractivity contribution is 0.189. The molecule has 2 N–H and O–H groups in total. The number of sulfonamides is 1. The van der Waals surface area contributed by atoms with Crippen LogP contribution in [-0.2, 0) is 30.0 Å². The number of carboxylic acid groups (broad SMARTS) is 1. The molecule has 0 saturated heterocycles. The molecule has 17 heteroatoms. The van der Waals surface area contributed by atoms with Crippen LogP contribution in [0.25, 0.3) is 27.5 Å². The lowest BCUT2D eigenvalue weighted by atomic mass is 10.0. The minimum atomic E-state index is -3.99. The van der Waals surface area contributed by atoms with Crippen molar-refractivity contribution in [3.8, 4) is 17.2 Å². The summed E-state index contributed by atoms with van der Waals surface area (Å²) in [6, 6.07) is 15.7. The zero-order valence-electron chi connectivity index (χ0n) is 28.1. The molecule has 0 spiro atoms. The molecule has 52 heavy (non-hydrogen) atoms. The third-order valence-corrected chi connectivity index (χ3v) is 9.75. The highest BCUT2D eigenvalue weighted by atomic mass is 35.5. The van der Waals surface area contributed by atoms with Gasteiger partial charge in [0.2, 0.25) is 10.0 Å². The van der Waals surface area contributed by atoms with Gasteiger partial charge in [0.05, 0.1) is 65.6 Å². The summed E-state index contributed by atoms with van der Waals surface area (Å²) in [7, 11) is 0.485. The lowest BCUT2D eigenvalue weighted by Crippen LogP contribution is -2.35. The molecule has 13 nitrogen and oxygen atoms in total. The summed E-state index contributed by atoms with van der Waals surface area (Å²) in [5.41, 5.74) is 0.517. The van der Waals surface area contributed by atoms with Crippen molar-refractivity contribution >= 4 is 55.3 Å². The van der Waals surface area contributed by atoms with Crippen molar-refractivity contribution in [3.05, 3.63) is 117 Å². The van der Waals surface area contributed by atoms with Gasteiger partial charge in [0.15, 0.2) is 5.82 Å². The number of anilines is 1. The maximum absolute atomic E-state index is 14.5. The highest BCUT2D eigenvalue weighted by Crippen LogP contribution is 2.38. The number of nitrogens with zero attached hydrogens (tertiary/aromatic N) is 5. The molecular weight excluding hydrogens is 722 g/mol. The van der Waals surface area contributed by atoms with Crippen LogP contribution in [0, 0.1) is 11.6 Å². The fourth-order valence-electron chi connectivity index (χ4n) is 6.04. The maximum Gasteiger partial charge on any atom is 0.405 e. The first kappa shape index (κ1) is 36.1. The SMILES string of the molecule is COc1ccc(CN(c2nn(C)c3c(-n4c([C@H](Cc5cc(F)cc(F)c5)NC(=O)O)nc5cc(OC)ccc5c4=O)ccc(Cl)c23)S(C)(=O)=O)cc1. The van der Waals surface area contributed by atoms with Gasteiger partial charge in [-0.05, 0) is 59.7 Å². The summed E-state index contributed by atoms with van der Waals surface area (Å²) in [5.74, 6) is -1.02. The number of amides is 1. The first-order chi connectivity index (χ1) is 24.7. The molecule has 0 unspecified atom stereocenters. The van der Waals surface area contributed by atoms with Crippen molar-refractivity contribution in [2.75, 3.05) is 24.8 Å². The number of ether oxygens (including phenoxy) is 2. The van der Waals surface area contributed by atoms with Crippen LogP contribution in [0.1, 0.15) is 23.0 Å². The number of benzene rings is 4. The normalized spacial score (nSPS) is 12.2. The first-order valence-corrected chi connectivity index (χ1v) is 17.7. The summed E-state index contributed by atoms with van der Waals surface area (Å²) in [6.07, 6.45) is -0.795. The molecule has 2 aromatic heterocycles. The minimum Gasteiger partial charge on any atom is -0.497 e. The number of hydrogen-bond donors (Lipinski definition) is 2. The van der Waals surface area contributed by atoms with E-state index in [0.29, 0.717) is 23.1 Å². The monoisotopic (exact) mass is 752 g/mol. The van der Waals surface area contributed by atoms with Crippen LogP contribution in [-0.4, -0.2) is 59.4 Å². The zero-order chi connectivity index (χ0) is 37.5. The van der Waals surface area contributed by atoms with E-state index in [0.717, 1.165) is 27.3 Å². The molecule has 4 aromatic carbocycles. The van der Waals surface area contributed by atoms with Crippen LogP contribution >= 0.6 is 11.6 Å². The van der Waals surface area contributed by atoms with Gasteiger partial charge in [0.1, 0.15) is 29.0 Å². The van der Waals surface area contributed by atoms with E-state index in [2.05, 4.69) is 10.4 Å². The Kier molecular flexibility index (Phi) is 9.79. The van der Waals surface area contributed by atoms with Gasteiger partial charge in [-0.15, -0.1) is 0 Å². The van der Waals surface area contributed by atoms with E-state index in [1.807, 2.05) is 0 Å². The second-order valence-electron chi connectivity index (χ2n) is 11.8. The van der Waals surface area contributed by atoms with Gasteiger partial charge in [-0.2, -0.15) is 5.10 Å². The molecule has 0 saturated carbocycles. The molecule has 6 rings (SSSR count). The summed E-state index contributed by atoms with van der Waals surface area (Å²) >= 11 is 6.78. The molecule has 0 aliphatic carbocycles. The van der Waals surface area contributed by atoms with Gasteiger partial charge < -0.3 is 19.9 Å². The summed E-state index contributed by atoms with van der Waals surface area (Å²) in [6.45, 7) is -0.130. The Labute approximate surface area is 300 Å². The third-order valence-electron chi connectivity index (χ3n) is 8.33. The van der Waals surface area contributed by atoms with Crippen molar-refractivity contribution in [3.63, 3.8) is 0 Å². The number of methoxy groups -OCH3 is 2. The standard InChI is InChI=1S/C35H31ClF2N6O7S/c1-42-31-29(12-11-26(36)30(31)33(41-42)43(52(4,48)49)18-19-5-7-23(50-2)8-6-19)44-32(39-27-17-24(51-3)9-10-25(27)34(44)45)28(40-35(46)47)15-20-13-21(37)16-22(38)14-20/h5-14,16-17,28,40H,15,18H2,1-4H3,(H,46,47)/t28-/m0/s1. The van der Waals surface area contributed by atoms with E-state index in [1.165, 1.54) is 50.2 Å². The summed E-state index contributed by atoms with van der Waals surface area (Å²) < 4.78 is 69.3. The molecule has 0 fully saturated rings. The van der Waals surface area contributed by atoms with Crippen LogP contribution in [0.2, 0.25) is 5.02 Å². The van der Waals surface area contributed by atoms with Crippen molar-refractivity contribution in [2.45, 2.75) is 19.0 Å². The number of fused-ring (bicyclic) bond motifs is 2. The van der Waals surface area contributed by atoms with E-state index in [1.54, 1.807) is 30.3 Å². The van der Waals surface area contributed by atoms with Crippen LogP contribution in [0.4, 0.5) is 19.4 Å². The van der Waals surface area contributed by atoms with Crippen molar-refractivity contribution in [1.82, 2.24) is 24.6 Å². The number of aryl methyl sites for hydroxylation is 1. The van der Waals surface area contributed by atoms with Gasteiger partial charge in [-0.25, -0.2) is 31.3 Å². The van der Waals surface area contributed by atoms with E-state index in [9.17, 15) is 31.9 Å². The smallest absolute Gasteiger partial charge is 0.405 e. The van der Waals surface area contributed by atoms with Gasteiger partial charge in [-0.1, -0.05) is 23.7 Å². The van der Waals surface area contributed by atoms with E-state index < -0.39 is 39.4 Å². The Morgan fingerprint density at radius 3 is 2.25 bits per heavy atom. The van der Waals surface area contributed by atoms with Crippen molar-refractivity contribution < 1.29 is 36.6 Å². The van der Waals surface area contributed by atoms with Crippen LogP contribution in [0.5, 0.6) is 11.5 Å². The Morgan fingerprint density at radius 2 is 1.63 bits per heavy atom. The molecule has 1 amide bonds. The zero-order valence-corrected chi connectivity index (χ0v) is 29.7. The van der Waals surface area contributed by atoms with Crippen molar-refractivity contribution in [1.29, 1.82) is 0 Å². The Bertz CT molecular complexity index is 2510. The van der Waals surface area contributed by atoms with E-state index in [4.69, 9.17) is 26.1 Å². The number of halogens is 3. The van der Waals surface area contributed by atoms with Crippen LogP contribution in [0.3, 0.4) is 0 Å². The van der Waals surface area contributed by atoms with Crippen molar-refractivity contribution in [2.24, 2.45) is 7.05 Å². The second kappa shape index (κ2) is 14.1. The van der Waals surface area contributed by atoms with Gasteiger partial charge in [0.25, 0.3) is 5.56 Å². The maximum atomic E-state index is 14.5.